The molecule has 1 rings (SSSR count). The van der Waals surface area contributed by atoms with E-state index in [0.717, 1.165) is 5.76 Å². The van der Waals surface area contributed by atoms with Crippen molar-refractivity contribution in [1.82, 2.24) is 0 Å². The van der Waals surface area contributed by atoms with E-state index in [1.165, 1.54) is 6.08 Å². The molecule has 0 fully saturated rings. The number of rotatable bonds is 3. The Kier molecular flexibility index (Phi) is 3.90. The second kappa shape index (κ2) is 5.17. The lowest BCUT2D eigenvalue weighted by molar-refractivity contribution is -0.142. The van der Waals surface area contributed by atoms with Crippen LogP contribution in [0.1, 0.15) is 25.4 Å². The molecule has 0 bridgehead atoms. The molecule has 0 aliphatic heterocycles. The van der Waals surface area contributed by atoms with E-state index in [1.807, 2.05) is 0 Å². The second-order valence-corrected chi connectivity index (χ2v) is 3.57. The highest BCUT2D eigenvalue weighted by molar-refractivity contribution is 5.97. The van der Waals surface area contributed by atoms with Crippen LogP contribution in [0.5, 0.6) is 0 Å². The van der Waals surface area contributed by atoms with Crippen molar-refractivity contribution >= 4 is 12.0 Å². The van der Waals surface area contributed by atoms with Crippen LogP contribution in [0, 0.1) is 18.3 Å². The summed E-state index contributed by atoms with van der Waals surface area (Å²) in [5.41, 5.74) is -0.0666. The van der Waals surface area contributed by atoms with Gasteiger partial charge in [0.25, 0.3) is 0 Å². The molecule has 0 aliphatic rings. The first kappa shape index (κ1) is 12.1. The first-order valence-electron chi connectivity index (χ1n) is 4.92. The summed E-state index contributed by atoms with van der Waals surface area (Å²) in [6.45, 7) is 5.24. The van der Waals surface area contributed by atoms with Crippen molar-refractivity contribution < 1.29 is 13.9 Å². The molecule has 0 saturated carbocycles. The smallest absolute Gasteiger partial charge is 0.349 e. The molecule has 0 spiro atoms. The molecule has 84 valence electrons. The molecule has 0 atom stereocenters. The van der Waals surface area contributed by atoms with E-state index in [9.17, 15) is 4.79 Å². The molecule has 1 aromatic rings. The van der Waals surface area contributed by atoms with E-state index in [2.05, 4.69) is 0 Å². The van der Waals surface area contributed by atoms with Crippen molar-refractivity contribution in [3.8, 4) is 6.07 Å². The van der Waals surface area contributed by atoms with Gasteiger partial charge in [0.2, 0.25) is 0 Å². The fourth-order valence-corrected chi connectivity index (χ4v) is 1.09. The minimum Gasteiger partial charge on any atom is -0.462 e. The molecular weight excluding hydrogens is 206 g/mol. The van der Waals surface area contributed by atoms with Crippen LogP contribution in [0.25, 0.3) is 6.08 Å². The van der Waals surface area contributed by atoms with Crippen molar-refractivity contribution in [2.45, 2.75) is 26.9 Å². The van der Waals surface area contributed by atoms with Gasteiger partial charge in [0.1, 0.15) is 23.2 Å². The first-order chi connectivity index (χ1) is 7.52. The molecule has 0 saturated heterocycles. The van der Waals surface area contributed by atoms with E-state index in [0.29, 0.717) is 5.76 Å². The van der Waals surface area contributed by atoms with Gasteiger partial charge in [-0.3, -0.25) is 0 Å². The summed E-state index contributed by atoms with van der Waals surface area (Å²) in [6.07, 6.45) is 1.13. The number of hydrogen-bond donors (Lipinski definition) is 0. The number of aryl methyl sites for hydroxylation is 1. The molecule has 4 heteroatoms. The third kappa shape index (κ3) is 3.28. The number of furan rings is 1. The summed E-state index contributed by atoms with van der Waals surface area (Å²) in [4.78, 5) is 11.4. The third-order valence-electron chi connectivity index (χ3n) is 1.73. The number of esters is 1. The van der Waals surface area contributed by atoms with Crippen molar-refractivity contribution in [3.63, 3.8) is 0 Å². The molecule has 0 N–H and O–H groups in total. The van der Waals surface area contributed by atoms with Crippen LogP contribution in [-0.4, -0.2) is 12.1 Å². The summed E-state index contributed by atoms with van der Waals surface area (Å²) >= 11 is 0. The van der Waals surface area contributed by atoms with Gasteiger partial charge in [-0.15, -0.1) is 0 Å². The Bertz CT molecular complexity index is 449. The summed E-state index contributed by atoms with van der Waals surface area (Å²) in [6, 6.07) is 5.24. The van der Waals surface area contributed by atoms with Gasteiger partial charge in [0.15, 0.2) is 0 Å². The van der Waals surface area contributed by atoms with E-state index < -0.39 is 5.97 Å². The van der Waals surface area contributed by atoms with E-state index in [1.54, 1.807) is 39.0 Å². The molecule has 0 amide bonds. The standard InChI is InChI=1S/C12H13NO3/c1-8(2)15-12(14)10(7-13)6-11-5-4-9(3)16-11/h4-6,8H,1-3H3. The summed E-state index contributed by atoms with van der Waals surface area (Å²) < 4.78 is 10.1. The van der Waals surface area contributed by atoms with Gasteiger partial charge in [-0.1, -0.05) is 0 Å². The van der Waals surface area contributed by atoms with Gasteiger partial charge in [-0.05, 0) is 32.9 Å². The van der Waals surface area contributed by atoms with Crippen LogP contribution in [-0.2, 0) is 9.53 Å². The van der Waals surface area contributed by atoms with Crippen LogP contribution in [0.4, 0.5) is 0 Å². The maximum atomic E-state index is 11.4. The Morgan fingerprint density at radius 3 is 2.69 bits per heavy atom. The van der Waals surface area contributed by atoms with Gasteiger partial charge in [-0.25, -0.2) is 4.79 Å². The Balaban J connectivity index is 2.87. The average Bonchev–Trinajstić information content (AvgIpc) is 2.59. The molecule has 1 aromatic heterocycles. The minimum absolute atomic E-state index is 0.0666. The van der Waals surface area contributed by atoms with E-state index >= 15 is 0 Å². The fourth-order valence-electron chi connectivity index (χ4n) is 1.09. The monoisotopic (exact) mass is 219 g/mol. The highest BCUT2D eigenvalue weighted by Gasteiger charge is 2.13. The van der Waals surface area contributed by atoms with Crippen LogP contribution in [0.2, 0.25) is 0 Å². The van der Waals surface area contributed by atoms with Crippen molar-refractivity contribution in [2.75, 3.05) is 0 Å². The predicted octanol–water partition coefficient (Wildman–Crippen LogP) is 2.45. The lowest BCUT2D eigenvalue weighted by Gasteiger charge is -2.05. The quantitative estimate of drug-likeness (QED) is 0.445. The summed E-state index contributed by atoms with van der Waals surface area (Å²) in [5, 5.41) is 8.82. The number of hydrogen-bond acceptors (Lipinski definition) is 4. The second-order valence-electron chi connectivity index (χ2n) is 3.57. The van der Waals surface area contributed by atoms with Crippen molar-refractivity contribution in [1.29, 1.82) is 5.26 Å². The largest absolute Gasteiger partial charge is 0.462 e. The zero-order chi connectivity index (χ0) is 12.1. The SMILES string of the molecule is Cc1ccc(C=C(C#N)C(=O)OC(C)C)o1. The van der Waals surface area contributed by atoms with Gasteiger partial charge in [0, 0.05) is 6.08 Å². The lowest BCUT2D eigenvalue weighted by atomic mass is 10.2. The predicted molar refractivity (Wildman–Crippen MR) is 58.3 cm³/mol. The Morgan fingerprint density at radius 1 is 1.56 bits per heavy atom. The topological polar surface area (TPSA) is 63.2 Å². The highest BCUT2D eigenvalue weighted by atomic mass is 16.5. The Hall–Kier alpha value is -2.02. The molecule has 0 radical (unpaired) electrons. The van der Waals surface area contributed by atoms with Crippen LogP contribution < -0.4 is 0 Å². The van der Waals surface area contributed by atoms with E-state index in [4.69, 9.17) is 14.4 Å². The van der Waals surface area contributed by atoms with Gasteiger partial charge in [0.05, 0.1) is 6.10 Å². The normalized spacial score (nSPS) is 11.3. The molecule has 4 nitrogen and oxygen atoms in total. The number of nitrogens with zero attached hydrogens (tertiary/aromatic N) is 1. The Morgan fingerprint density at radius 2 is 2.25 bits per heavy atom. The zero-order valence-corrected chi connectivity index (χ0v) is 9.48. The summed E-state index contributed by atoms with van der Waals surface area (Å²) in [7, 11) is 0. The molecule has 1 heterocycles. The molecule has 0 aromatic carbocycles. The summed E-state index contributed by atoms with van der Waals surface area (Å²) in [5.74, 6) is 0.557. The van der Waals surface area contributed by atoms with Gasteiger partial charge < -0.3 is 9.15 Å². The van der Waals surface area contributed by atoms with Gasteiger partial charge >= 0.3 is 5.97 Å². The zero-order valence-electron chi connectivity index (χ0n) is 9.48. The third-order valence-corrected chi connectivity index (χ3v) is 1.73. The number of nitriles is 1. The van der Waals surface area contributed by atoms with Crippen LogP contribution >= 0.6 is 0 Å². The highest BCUT2D eigenvalue weighted by Crippen LogP contribution is 2.12. The lowest BCUT2D eigenvalue weighted by Crippen LogP contribution is -2.12. The molecular formula is C12H13NO3. The van der Waals surface area contributed by atoms with Crippen LogP contribution in [0.15, 0.2) is 22.1 Å². The molecule has 0 aliphatic carbocycles. The van der Waals surface area contributed by atoms with Crippen molar-refractivity contribution in [2.24, 2.45) is 0 Å². The Labute approximate surface area is 94.1 Å². The first-order valence-corrected chi connectivity index (χ1v) is 4.92. The van der Waals surface area contributed by atoms with E-state index in [-0.39, 0.29) is 11.7 Å². The van der Waals surface area contributed by atoms with Crippen LogP contribution in [0.3, 0.4) is 0 Å². The maximum absolute atomic E-state index is 11.4. The molecule has 16 heavy (non-hydrogen) atoms. The fraction of sp³-hybridized carbons (Fsp3) is 0.333. The molecule has 0 unspecified atom stereocenters. The number of carbonyl (C=O) groups is 1. The maximum Gasteiger partial charge on any atom is 0.349 e. The average molecular weight is 219 g/mol. The van der Waals surface area contributed by atoms with Crippen molar-refractivity contribution in [3.05, 3.63) is 29.2 Å². The number of carbonyl (C=O) groups excluding carboxylic acids is 1. The minimum atomic E-state index is -0.633. The van der Waals surface area contributed by atoms with Gasteiger partial charge in [-0.2, -0.15) is 5.26 Å². The number of ether oxygens (including phenoxy) is 1.